The summed E-state index contributed by atoms with van der Waals surface area (Å²) in [5.74, 6) is -14.6. The van der Waals surface area contributed by atoms with E-state index in [1.807, 2.05) is 5.32 Å². The third-order valence-electron chi connectivity index (χ3n) is 10.5. The number of nitrogens with zero attached hydrogens (tertiary/aromatic N) is 2. The van der Waals surface area contributed by atoms with Crippen LogP contribution in [0.25, 0.3) is 0 Å². The van der Waals surface area contributed by atoms with Crippen molar-refractivity contribution in [2.24, 2.45) is 23.3 Å². The van der Waals surface area contributed by atoms with Gasteiger partial charge in [0.15, 0.2) is 0 Å². The molecule has 0 unspecified atom stereocenters. The molecule has 9 amide bonds. The number of aliphatic hydroxyl groups excluding tert-OH is 1. The van der Waals surface area contributed by atoms with Crippen LogP contribution in [0, 0.1) is 11.8 Å². The van der Waals surface area contributed by atoms with Gasteiger partial charge in [0.05, 0.1) is 31.9 Å². The zero-order valence-corrected chi connectivity index (χ0v) is 37.2. The molecule has 2 saturated heterocycles. The van der Waals surface area contributed by atoms with Gasteiger partial charge >= 0.3 is 17.9 Å². The number of aliphatic hydroxyl groups is 1. The molecule has 0 aromatic heterocycles. The van der Waals surface area contributed by atoms with E-state index < -0.39 is 163 Å². The summed E-state index contributed by atoms with van der Waals surface area (Å²) in [5.41, 5.74) is 10.7. The Morgan fingerprint density at radius 2 is 1.03 bits per heavy atom. The van der Waals surface area contributed by atoms with Crippen LogP contribution < -0.4 is 43.4 Å². The highest BCUT2D eigenvalue weighted by molar-refractivity contribution is 7.80. The van der Waals surface area contributed by atoms with Crippen LogP contribution in [-0.4, -0.2) is 181 Å². The lowest BCUT2D eigenvalue weighted by Crippen LogP contribution is -2.61. The zero-order chi connectivity index (χ0) is 49.5. The van der Waals surface area contributed by atoms with Gasteiger partial charge in [-0.3, -0.25) is 52.7 Å². The molecule has 26 nitrogen and oxygen atoms in total. The molecule has 0 spiro atoms. The molecular weight excluding hydrogens is 885 g/mol. The van der Waals surface area contributed by atoms with Gasteiger partial charge in [0, 0.05) is 18.8 Å². The smallest absolute Gasteiger partial charge is 0.326 e. The minimum atomic E-state index is -1.83. The predicted octanol–water partition coefficient (Wildman–Crippen LogP) is -5.65. The quantitative estimate of drug-likeness (QED) is 0.0379. The Bertz CT molecular complexity index is 1830. The van der Waals surface area contributed by atoms with E-state index in [4.69, 9.17) is 11.5 Å². The first kappa shape index (κ1) is 55.0. The number of aliphatic carboxylic acids is 3. The summed E-state index contributed by atoms with van der Waals surface area (Å²) in [7, 11) is 0. The van der Waals surface area contributed by atoms with E-state index >= 15 is 0 Å². The molecule has 0 aromatic rings. The number of carbonyl (C=O) groups excluding carboxylic acids is 9. The Hall–Kier alpha value is -6.09. The number of primary amides is 1. The highest BCUT2D eigenvalue weighted by Crippen LogP contribution is 2.22. The lowest BCUT2D eigenvalue weighted by molar-refractivity contribution is -0.146. The summed E-state index contributed by atoms with van der Waals surface area (Å²) in [6, 6.07) is -13.3. The molecule has 0 radical (unpaired) electrons. The number of rotatable bonds is 25. The normalized spacial score (nSPS) is 19.1. The van der Waals surface area contributed by atoms with E-state index in [0.29, 0.717) is 6.42 Å². The fourth-order valence-corrected chi connectivity index (χ4v) is 7.22. The van der Waals surface area contributed by atoms with E-state index in [9.17, 15) is 78.0 Å². The molecule has 2 aliphatic heterocycles. The molecular formula is C38H60N10O16S. The Balaban J connectivity index is 2.23. The predicted molar refractivity (Wildman–Crippen MR) is 226 cm³/mol. The summed E-state index contributed by atoms with van der Waals surface area (Å²) in [6.45, 7) is 5.41. The topological polar surface area (TPSA) is 416 Å². The minimum Gasteiger partial charge on any atom is -0.481 e. The van der Waals surface area contributed by atoms with Crippen LogP contribution in [0.5, 0.6) is 0 Å². The lowest BCUT2D eigenvalue weighted by atomic mass is 9.98. The molecule has 65 heavy (non-hydrogen) atoms. The van der Waals surface area contributed by atoms with Gasteiger partial charge in [-0.1, -0.05) is 27.7 Å². The maximum Gasteiger partial charge on any atom is 0.326 e. The molecule has 0 bridgehead atoms. The summed E-state index contributed by atoms with van der Waals surface area (Å²) in [6.07, 6.45) is -1.99. The Labute approximate surface area is 378 Å². The van der Waals surface area contributed by atoms with E-state index in [2.05, 4.69) is 39.2 Å². The van der Waals surface area contributed by atoms with Crippen molar-refractivity contribution in [2.75, 3.05) is 25.4 Å². The number of amides is 9. The van der Waals surface area contributed by atoms with Gasteiger partial charge in [0.2, 0.25) is 53.2 Å². The Morgan fingerprint density at radius 3 is 1.46 bits per heavy atom. The molecule has 2 aliphatic rings. The highest BCUT2D eigenvalue weighted by Gasteiger charge is 2.43. The molecule has 14 N–H and O–H groups in total. The second kappa shape index (κ2) is 25.4. The standard InChI is InChI=1S/C38H60N10O16S/c1-16(2)28(45-34(59)24-8-5-9-47(24)36(61)22(14-49)44-32(57)19(12-26(51)52)41-30(55)18(39)15-65)35(60)46-29(17(3)4)37(62)48-10-6-7-23(48)33(58)42-20(13-27(53)54)31(56)43-21(38(63)64)11-25(40)50/h16-24,28-29,49,65H,5-15,39H2,1-4H3,(H2,40,50)(H,41,55)(H,42,58)(H,43,56)(H,44,57)(H,45,59)(H,46,60)(H,51,52)(H,53,54)(H,63,64)/t18-,19-,20-,21-,22-,23-,24-,28-,29-/m0/s1. The minimum absolute atomic E-state index is 0.00968. The Kier molecular flexibility index (Phi) is 21.5. The van der Waals surface area contributed by atoms with Gasteiger partial charge in [-0.05, 0) is 37.5 Å². The van der Waals surface area contributed by atoms with E-state index in [1.165, 1.54) is 0 Å². The SMILES string of the molecule is CC(C)[C@H](NC(=O)[C@@H]1CCCN1C(=O)[C@H](CO)NC(=O)[C@H](CC(=O)O)NC(=O)[C@@H](N)CS)C(=O)N[C@H](C(=O)N1CCC[C@H]1C(=O)N[C@@H](CC(=O)O)C(=O)N[C@@H](CC(N)=O)C(=O)O)C(C)C. The largest absolute Gasteiger partial charge is 0.481 e. The van der Waals surface area contributed by atoms with Gasteiger partial charge < -0.3 is 73.6 Å². The van der Waals surface area contributed by atoms with Crippen LogP contribution in [0.2, 0.25) is 0 Å². The van der Waals surface area contributed by atoms with Crippen molar-refractivity contribution in [1.82, 2.24) is 41.7 Å². The fourth-order valence-electron chi connectivity index (χ4n) is 7.05. The fraction of sp³-hybridized carbons (Fsp3) is 0.684. The van der Waals surface area contributed by atoms with Gasteiger partial charge in [0.25, 0.3) is 0 Å². The van der Waals surface area contributed by atoms with Crippen LogP contribution in [0.3, 0.4) is 0 Å². The van der Waals surface area contributed by atoms with Crippen molar-refractivity contribution in [3.63, 3.8) is 0 Å². The van der Waals surface area contributed by atoms with Gasteiger partial charge in [-0.2, -0.15) is 12.6 Å². The first-order valence-corrected chi connectivity index (χ1v) is 21.3. The van der Waals surface area contributed by atoms with Gasteiger partial charge in [-0.25, -0.2) is 4.79 Å². The number of carboxylic acids is 3. The molecule has 2 rings (SSSR count). The molecule has 27 heteroatoms. The van der Waals surface area contributed by atoms with Gasteiger partial charge in [-0.15, -0.1) is 0 Å². The molecule has 0 aromatic carbocycles. The molecule has 9 atom stereocenters. The van der Waals surface area contributed by atoms with Crippen molar-refractivity contribution in [3.05, 3.63) is 0 Å². The van der Waals surface area contributed by atoms with Crippen molar-refractivity contribution >= 4 is 83.7 Å². The van der Waals surface area contributed by atoms with Crippen LogP contribution in [0.1, 0.15) is 72.6 Å². The summed E-state index contributed by atoms with van der Waals surface area (Å²) in [4.78, 5) is 155. The molecule has 2 heterocycles. The number of carboxylic acid groups (broad SMARTS) is 3. The van der Waals surface area contributed by atoms with Crippen LogP contribution >= 0.6 is 12.6 Å². The molecule has 364 valence electrons. The first-order chi connectivity index (χ1) is 30.3. The maximum atomic E-state index is 14.1. The number of likely N-dealkylation sites (tertiary alicyclic amines) is 2. The number of nitrogens with two attached hydrogens (primary N) is 2. The Morgan fingerprint density at radius 1 is 0.585 bits per heavy atom. The summed E-state index contributed by atoms with van der Waals surface area (Å²) in [5, 5.41) is 52.0. The second-order valence-corrected chi connectivity index (χ2v) is 16.6. The van der Waals surface area contributed by atoms with Crippen molar-refractivity contribution in [2.45, 2.75) is 127 Å². The number of thiol groups is 1. The number of carbonyl (C=O) groups is 12. The average Bonchev–Trinajstić information content (AvgIpc) is 3.92. The molecule has 2 fully saturated rings. The summed E-state index contributed by atoms with van der Waals surface area (Å²) >= 11 is 3.90. The van der Waals surface area contributed by atoms with Crippen LogP contribution in [-0.2, 0) is 57.5 Å². The van der Waals surface area contributed by atoms with Crippen LogP contribution in [0.4, 0.5) is 0 Å². The average molecular weight is 945 g/mol. The number of hydrogen-bond donors (Lipinski definition) is 13. The number of nitrogens with one attached hydrogen (secondary N) is 6. The third-order valence-corrected chi connectivity index (χ3v) is 10.9. The second-order valence-electron chi connectivity index (χ2n) is 16.3. The summed E-state index contributed by atoms with van der Waals surface area (Å²) < 4.78 is 0. The van der Waals surface area contributed by atoms with Gasteiger partial charge in [0.1, 0.15) is 48.3 Å². The van der Waals surface area contributed by atoms with E-state index in [-0.39, 0.29) is 38.1 Å². The monoisotopic (exact) mass is 944 g/mol. The van der Waals surface area contributed by atoms with Crippen molar-refractivity contribution in [1.29, 1.82) is 0 Å². The number of hydrogen-bond acceptors (Lipinski definition) is 15. The zero-order valence-electron chi connectivity index (χ0n) is 36.3. The highest BCUT2D eigenvalue weighted by atomic mass is 32.1. The molecule has 0 saturated carbocycles. The third kappa shape index (κ3) is 16.1. The maximum absolute atomic E-state index is 14.1. The van der Waals surface area contributed by atoms with E-state index in [0.717, 1.165) is 9.80 Å². The van der Waals surface area contributed by atoms with Crippen molar-refractivity contribution < 1.29 is 78.0 Å². The molecule has 0 aliphatic carbocycles. The lowest BCUT2D eigenvalue weighted by Gasteiger charge is -2.33. The first-order valence-electron chi connectivity index (χ1n) is 20.7. The van der Waals surface area contributed by atoms with Crippen molar-refractivity contribution in [3.8, 4) is 0 Å². The van der Waals surface area contributed by atoms with Crippen LogP contribution in [0.15, 0.2) is 0 Å². The van der Waals surface area contributed by atoms with E-state index in [1.54, 1.807) is 27.7 Å².